The number of alkyl halides is 4. The molecule has 0 saturated carbocycles. The van der Waals surface area contributed by atoms with E-state index in [1.54, 1.807) is 0 Å². The highest BCUT2D eigenvalue weighted by Gasteiger charge is 2.34. The van der Waals surface area contributed by atoms with Gasteiger partial charge < -0.3 is 0 Å². The number of benzene rings is 1. The lowest BCUT2D eigenvalue weighted by Crippen LogP contribution is -2.09. The van der Waals surface area contributed by atoms with E-state index < -0.39 is 17.6 Å². The predicted octanol–water partition coefficient (Wildman–Crippen LogP) is 3.60. The summed E-state index contributed by atoms with van der Waals surface area (Å²) in [5.41, 5.74) is -0.611. The van der Waals surface area contributed by atoms with E-state index in [-0.39, 0.29) is 5.69 Å². The van der Waals surface area contributed by atoms with Crippen LogP contribution in [0.15, 0.2) is 24.4 Å². The van der Waals surface area contributed by atoms with Crippen LogP contribution in [0.25, 0.3) is 5.69 Å². The standard InChI is InChI=1S/C12H10ClF4N3/c13-5-1-2-8-7-20(19-18-8)9-3-4-11(14)10(6-9)12(15,16)17/h3-4,6-7H,1-2,5H2. The first kappa shape index (κ1) is 14.8. The third kappa shape index (κ3) is 3.27. The molecular weight excluding hydrogens is 298 g/mol. The van der Waals surface area contributed by atoms with Crippen molar-refractivity contribution in [2.45, 2.75) is 19.0 Å². The first-order chi connectivity index (χ1) is 9.41. The number of halogens is 5. The van der Waals surface area contributed by atoms with E-state index in [1.807, 2.05) is 0 Å². The molecule has 0 radical (unpaired) electrons. The molecule has 0 saturated heterocycles. The molecule has 3 nitrogen and oxygen atoms in total. The first-order valence-corrected chi connectivity index (χ1v) is 6.29. The van der Waals surface area contributed by atoms with Gasteiger partial charge in [0.2, 0.25) is 0 Å². The van der Waals surface area contributed by atoms with Gasteiger partial charge in [0.1, 0.15) is 5.82 Å². The molecule has 2 rings (SSSR count). The Morgan fingerprint density at radius 1 is 1.25 bits per heavy atom. The molecule has 8 heteroatoms. The lowest BCUT2D eigenvalue weighted by molar-refractivity contribution is -0.140. The van der Waals surface area contributed by atoms with Gasteiger partial charge in [0, 0.05) is 5.88 Å². The summed E-state index contributed by atoms with van der Waals surface area (Å²) in [7, 11) is 0. The number of rotatable bonds is 4. The maximum atomic E-state index is 13.2. The fourth-order valence-corrected chi connectivity index (χ4v) is 1.79. The molecule has 0 unspecified atom stereocenters. The van der Waals surface area contributed by atoms with E-state index in [0.29, 0.717) is 30.5 Å². The second kappa shape index (κ2) is 5.78. The number of hydrogen-bond acceptors (Lipinski definition) is 2. The Bertz CT molecular complexity index is 595. The lowest BCUT2D eigenvalue weighted by Gasteiger charge is -2.09. The van der Waals surface area contributed by atoms with Gasteiger partial charge in [-0.1, -0.05) is 5.21 Å². The van der Waals surface area contributed by atoms with Gasteiger partial charge in [-0.05, 0) is 31.0 Å². The van der Waals surface area contributed by atoms with Gasteiger partial charge in [-0.15, -0.1) is 16.7 Å². The van der Waals surface area contributed by atoms with Gasteiger partial charge in [0.25, 0.3) is 0 Å². The quantitative estimate of drug-likeness (QED) is 0.638. The summed E-state index contributed by atoms with van der Waals surface area (Å²) < 4.78 is 52.2. The number of aromatic nitrogens is 3. The predicted molar refractivity (Wildman–Crippen MR) is 65.4 cm³/mol. The molecule has 1 aromatic heterocycles. The average Bonchev–Trinajstić information content (AvgIpc) is 2.84. The molecule has 108 valence electrons. The molecule has 20 heavy (non-hydrogen) atoms. The molecule has 2 aromatic rings. The Morgan fingerprint density at radius 3 is 2.65 bits per heavy atom. The minimum absolute atomic E-state index is 0.100. The molecule has 0 aliphatic rings. The highest BCUT2D eigenvalue weighted by atomic mass is 35.5. The Labute approximate surface area is 117 Å². The summed E-state index contributed by atoms with van der Waals surface area (Å²) in [6.07, 6.45) is -1.98. The van der Waals surface area contributed by atoms with Crippen LogP contribution in [0, 0.1) is 5.82 Å². The van der Waals surface area contributed by atoms with E-state index >= 15 is 0 Å². The summed E-state index contributed by atoms with van der Waals surface area (Å²) >= 11 is 5.54. The Hall–Kier alpha value is -1.63. The second-order valence-corrected chi connectivity index (χ2v) is 4.49. The van der Waals surface area contributed by atoms with Crippen LogP contribution in [0.3, 0.4) is 0 Å². The minimum atomic E-state index is -4.75. The second-order valence-electron chi connectivity index (χ2n) is 4.11. The van der Waals surface area contributed by atoms with Crippen molar-refractivity contribution in [3.63, 3.8) is 0 Å². The van der Waals surface area contributed by atoms with E-state index in [0.717, 1.165) is 6.07 Å². The summed E-state index contributed by atoms with van der Waals surface area (Å²) in [6.45, 7) is 0. The molecule has 1 aromatic carbocycles. The van der Waals surface area contributed by atoms with Crippen LogP contribution in [0.4, 0.5) is 17.6 Å². The van der Waals surface area contributed by atoms with Crippen LogP contribution in [0.2, 0.25) is 0 Å². The fourth-order valence-electron chi connectivity index (χ4n) is 1.66. The summed E-state index contributed by atoms with van der Waals surface area (Å²) in [4.78, 5) is 0. The summed E-state index contributed by atoms with van der Waals surface area (Å²) in [6, 6.07) is 2.68. The van der Waals surface area contributed by atoms with Crippen molar-refractivity contribution in [3.05, 3.63) is 41.5 Å². The van der Waals surface area contributed by atoms with Crippen LogP contribution in [0.1, 0.15) is 17.7 Å². The van der Waals surface area contributed by atoms with Crippen LogP contribution in [-0.4, -0.2) is 20.9 Å². The van der Waals surface area contributed by atoms with Crippen molar-refractivity contribution in [2.75, 3.05) is 5.88 Å². The SMILES string of the molecule is Fc1ccc(-n2cc(CCCCl)nn2)cc1C(F)(F)F. The number of nitrogens with zero attached hydrogens (tertiary/aromatic N) is 3. The molecule has 0 aliphatic heterocycles. The smallest absolute Gasteiger partial charge is 0.220 e. The van der Waals surface area contributed by atoms with E-state index in [1.165, 1.54) is 16.9 Å². The van der Waals surface area contributed by atoms with Gasteiger partial charge in [-0.2, -0.15) is 13.2 Å². The van der Waals surface area contributed by atoms with E-state index in [2.05, 4.69) is 10.3 Å². The van der Waals surface area contributed by atoms with Gasteiger partial charge in [-0.3, -0.25) is 0 Å². The van der Waals surface area contributed by atoms with Crippen LogP contribution in [-0.2, 0) is 12.6 Å². The first-order valence-electron chi connectivity index (χ1n) is 5.76. The molecule has 0 aliphatic carbocycles. The van der Waals surface area contributed by atoms with E-state index in [9.17, 15) is 17.6 Å². The molecule has 0 fully saturated rings. The van der Waals surface area contributed by atoms with Crippen LogP contribution >= 0.6 is 11.6 Å². The van der Waals surface area contributed by atoms with Crippen molar-refractivity contribution in [2.24, 2.45) is 0 Å². The van der Waals surface area contributed by atoms with Crippen molar-refractivity contribution in [3.8, 4) is 5.69 Å². The molecule has 1 heterocycles. The minimum Gasteiger partial charge on any atom is -0.220 e. The Kier molecular flexibility index (Phi) is 4.27. The van der Waals surface area contributed by atoms with Gasteiger partial charge in [0.05, 0.1) is 23.1 Å². The Balaban J connectivity index is 2.31. The molecule has 0 bridgehead atoms. The number of aryl methyl sites for hydroxylation is 1. The monoisotopic (exact) mass is 307 g/mol. The lowest BCUT2D eigenvalue weighted by atomic mass is 10.2. The average molecular weight is 308 g/mol. The van der Waals surface area contributed by atoms with Crippen molar-refractivity contribution in [1.29, 1.82) is 0 Å². The van der Waals surface area contributed by atoms with Crippen LogP contribution in [0.5, 0.6) is 0 Å². The summed E-state index contributed by atoms with van der Waals surface area (Å²) in [5.74, 6) is -0.856. The van der Waals surface area contributed by atoms with Crippen molar-refractivity contribution in [1.82, 2.24) is 15.0 Å². The van der Waals surface area contributed by atoms with Gasteiger partial charge in [-0.25, -0.2) is 9.07 Å². The zero-order valence-corrected chi connectivity index (χ0v) is 10.9. The highest BCUT2D eigenvalue weighted by molar-refractivity contribution is 6.17. The molecular formula is C12H10ClF4N3. The topological polar surface area (TPSA) is 30.7 Å². The third-order valence-corrected chi connectivity index (χ3v) is 2.89. The highest BCUT2D eigenvalue weighted by Crippen LogP contribution is 2.32. The fraction of sp³-hybridized carbons (Fsp3) is 0.333. The Morgan fingerprint density at radius 2 is 2.00 bits per heavy atom. The van der Waals surface area contributed by atoms with Gasteiger partial charge in [0.15, 0.2) is 0 Å². The zero-order valence-electron chi connectivity index (χ0n) is 10.2. The van der Waals surface area contributed by atoms with Gasteiger partial charge >= 0.3 is 6.18 Å². The molecule has 0 amide bonds. The van der Waals surface area contributed by atoms with Crippen molar-refractivity contribution < 1.29 is 17.6 Å². The maximum Gasteiger partial charge on any atom is 0.419 e. The van der Waals surface area contributed by atoms with E-state index in [4.69, 9.17) is 11.6 Å². The molecule has 0 atom stereocenters. The third-order valence-electron chi connectivity index (χ3n) is 2.63. The largest absolute Gasteiger partial charge is 0.419 e. The maximum absolute atomic E-state index is 13.2. The number of hydrogen-bond donors (Lipinski definition) is 0. The zero-order chi connectivity index (χ0) is 14.8. The van der Waals surface area contributed by atoms with Crippen LogP contribution < -0.4 is 0 Å². The normalized spacial score (nSPS) is 11.8. The molecule has 0 N–H and O–H groups in total. The summed E-state index contributed by atoms with van der Waals surface area (Å²) in [5, 5.41) is 7.55. The van der Waals surface area contributed by atoms with Crippen molar-refractivity contribution >= 4 is 11.6 Å². The molecule has 0 spiro atoms.